The van der Waals surface area contributed by atoms with Crippen LogP contribution in [0, 0.1) is 23.7 Å². The molecule has 0 aromatic heterocycles. The van der Waals surface area contributed by atoms with Gasteiger partial charge in [-0.05, 0) is 36.5 Å². The van der Waals surface area contributed by atoms with Crippen molar-refractivity contribution in [2.45, 2.75) is 23.3 Å². The molecule has 0 spiro atoms. The molecule has 0 radical (unpaired) electrons. The zero-order valence-electron chi connectivity index (χ0n) is 6.85. The van der Waals surface area contributed by atoms with Crippen molar-refractivity contribution >= 4 is 21.6 Å². The fourth-order valence-electron chi connectivity index (χ4n) is 3.80. The normalized spacial score (nSPS) is 64.7. The van der Waals surface area contributed by atoms with Crippen molar-refractivity contribution < 1.29 is 0 Å². The summed E-state index contributed by atoms with van der Waals surface area (Å²) in [5, 5.41) is 2.13. The van der Waals surface area contributed by atoms with Crippen molar-refractivity contribution in [1.29, 1.82) is 0 Å². The molecule has 3 aliphatic carbocycles. The first kappa shape index (κ1) is 6.83. The third-order valence-electron chi connectivity index (χ3n) is 4.30. The van der Waals surface area contributed by atoms with E-state index in [1.165, 1.54) is 6.42 Å². The Labute approximate surface area is 81.0 Å². The molecule has 6 atom stereocenters. The smallest absolute Gasteiger partial charge is 0.0315 e. The van der Waals surface area contributed by atoms with Gasteiger partial charge < -0.3 is 0 Å². The molecule has 0 aromatic rings. The molecule has 0 aromatic carbocycles. The van der Waals surface area contributed by atoms with E-state index >= 15 is 0 Å². The van der Waals surface area contributed by atoms with Gasteiger partial charge in [-0.1, -0.05) is 33.7 Å². The molecule has 4 rings (SSSR count). The number of hydrogen-bond donors (Lipinski definition) is 0. The summed E-state index contributed by atoms with van der Waals surface area (Å²) in [5.41, 5.74) is 0. The molecule has 1 heterocycles. The van der Waals surface area contributed by atoms with Gasteiger partial charge in [-0.3, -0.25) is 0 Å². The standard InChI is InChI=1S/C10H12S2/c1-2-5-6(3-1)8-4-7(5)9-10(8)12-11-9/h1-2,5-10H,3-4H2/t5-,6+,7+,8-,9+,10-/m0/s1. The van der Waals surface area contributed by atoms with Crippen LogP contribution in [-0.4, -0.2) is 10.5 Å². The van der Waals surface area contributed by atoms with Crippen LogP contribution in [0.25, 0.3) is 0 Å². The number of hydrogen-bond acceptors (Lipinski definition) is 2. The van der Waals surface area contributed by atoms with E-state index in [0.717, 1.165) is 34.2 Å². The molecule has 0 nitrogen and oxygen atoms in total. The summed E-state index contributed by atoms with van der Waals surface area (Å²) in [4.78, 5) is 0. The largest absolute Gasteiger partial charge is 0.0889 e. The minimum absolute atomic E-state index is 1.00. The van der Waals surface area contributed by atoms with Crippen molar-refractivity contribution in [3.8, 4) is 0 Å². The van der Waals surface area contributed by atoms with Crippen molar-refractivity contribution in [3.05, 3.63) is 12.2 Å². The Balaban J connectivity index is 1.77. The highest BCUT2D eigenvalue weighted by Gasteiger charge is 2.62. The highest BCUT2D eigenvalue weighted by molar-refractivity contribution is 8.80. The topological polar surface area (TPSA) is 0 Å². The van der Waals surface area contributed by atoms with E-state index in [0.29, 0.717) is 0 Å². The highest BCUT2D eigenvalue weighted by atomic mass is 33.1. The van der Waals surface area contributed by atoms with Crippen molar-refractivity contribution in [1.82, 2.24) is 0 Å². The van der Waals surface area contributed by atoms with Gasteiger partial charge in [0.2, 0.25) is 0 Å². The van der Waals surface area contributed by atoms with E-state index in [1.807, 2.05) is 0 Å². The van der Waals surface area contributed by atoms with E-state index in [-0.39, 0.29) is 0 Å². The monoisotopic (exact) mass is 196 g/mol. The first-order valence-corrected chi connectivity index (χ1v) is 7.21. The summed E-state index contributed by atoms with van der Waals surface area (Å²) in [6.07, 6.45) is 7.93. The summed E-state index contributed by atoms with van der Waals surface area (Å²) in [6.45, 7) is 0. The maximum Gasteiger partial charge on any atom is 0.0315 e. The third kappa shape index (κ3) is 0.598. The first-order valence-electron chi connectivity index (χ1n) is 4.94. The van der Waals surface area contributed by atoms with Crippen LogP contribution in [0.2, 0.25) is 0 Å². The maximum atomic E-state index is 2.52. The van der Waals surface area contributed by atoms with Gasteiger partial charge in [-0.25, -0.2) is 0 Å². The molecule has 2 heteroatoms. The Kier molecular flexibility index (Phi) is 1.19. The lowest BCUT2D eigenvalue weighted by Crippen LogP contribution is -2.40. The lowest BCUT2D eigenvalue weighted by molar-refractivity contribution is 0.297. The Morgan fingerprint density at radius 3 is 2.67 bits per heavy atom. The van der Waals surface area contributed by atoms with Crippen molar-refractivity contribution in [2.24, 2.45) is 23.7 Å². The maximum absolute atomic E-state index is 2.52. The van der Waals surface area contributed by atoms with E-state index in [1.54, 1.807) is 6.42 Å². The molecule has 12 heavy (non-hydrogen) atoms. The van der Waals surface area contributed by atoms with Crippen molar-refractivity contribution in [3.63, 3.8) is 0 Å². The molecule has 64 valence electrons. The third-order valence-corrected chi connectivity index (χ3v) is 7.98. The number of rotatable bonds is 0. The fraction of sp³-hybridized carbons (Fsp3) is 0.800. The van der Waals surface area contributed by atoms with Crippen LogP contribution in [0.4, 0.5) is 0 Å². The summed E-state index contributed by atoms with van der Waals surface area (Å²) in [7, 11) is 4.35. The average molecular weight is 196 g/mol. The van der Waals surface area contributed by atoms with E-state index in [2.05, 4.69) is 33.7 Å². The Bertz CT molecular complexity index is 261. The van der Waals surface area contributed by atoms with Gasteiger partial charge in [0.1, 0.15) is 0 Å². The molecular formula is C10H12S2. The SMILES string of the molecule is C1=C[C@H]2[C@@H](C1)[C@@H]1C[C@H]2[C@H]2SS[C@@H]12. The summed E-state index contributed by atoms with van der Waals surface area (Å²) >= 11 is 0. The van der Waals surface area contributed by atoms with E-state index < -0.39 is 0 Å². The van der Waals surface area contributed by atoms with E-state index in [9.17, 15) is 0 Å². The lowest BCUT2D eigenvalue weighted by atomic mass is 9.81. The molecular weight excluding hydrogens is 184 g/mol. The molecule has 2 bridgehead atoms. The molecule has 1 aliphatic heterocycles. The van der Waals surface area contributed by atoms with Crippen molar-refractivity contribution in [2.75, 3.05) is 0 Å². The molecule has 0 N–H and O–H groups in total. The van der Waals surface area contributed by atoms with Crippen LogP contribution in [0.5, 0.6) is 0 Å². The Morgan fingerprint density at radius 1 is 1.00 bits per heavy atom. The van der Waals surface area contributed by atoms with Gasteiger partial charge in [0.25, 0.3) is 0 Å². The lowest BCUT2D eigenvalue weighted by Gasteiger charge is -2.43. The molecule has 3 fully saturated rings. The zero-order valence-corrected chi connectivity index (χ0v) is 8.48. The molecule has 0 amide bonds. The van der Waals surface area contributed by atoms with Crippen LogP contribution in [-0.2, 0) is 0 Å². The molecule has 4 aliphatic rings. The highest BCUT2D eigenvalue weighted by Crippen LogP contribution is 2.70. The average Bonchev–Trinajstić information content (AvgIpc) is 2.56. The Morgan fingerprint density at radius 2 is 1.83 bits per heavy atom. The second-order valence-electron chi connectivity index (χ2n) is 4.59. The first-order chi connectivity index (χ1) is 5.95. The number of allylic oxidation sites excluding steroid dienone is 2. The van der Waals surface area contributed by atoms with Gasteiger partial charge in [0, 0.05) is 10.5 Å². The number of fused-ring (bicyclic) bond motifs is 8. The van der Waals surface area contributed by atoms with Gasteiger partial charge >= 0.3 is 0 Å². The van der Waals surface area contributed by atoms with Crippen LogP contribution < -0.4 is 0 Å². The molecule has 0 unspecified atom stereocenters. The minimum Gasteiger partial charge on any atom is -0.0889 e. The summed E-state index contributed by atoms with van der Waals surface area (Å²) in [6, 6.07) is 0. The second-order valence-corrected chi connectivity index (χ2v) is 7.22. The minimum atomic E-state index is 1.00. The van der Waals surface area contributed by atoms with Crippen LogP contribution in [0.15, 0.2) is 12.2 Å². The zero-order chi connectivity index (χ0) is 7.71. The quantitative estimate of drug-likeness (QED) is 0.431. The van der Waals surface area contributed by atoms with Gasteiger partial charge in [0.15, 0.2) is 0 Å². The predicted octanol–water partition coefficient (Wildman–Crippen LogP) is 2.96. The van der Waals surface area contributed by atoms with Gasteiger partial charge in [-0.15, -0.1) is 0 Å². The summed E-state index contributed by atoms with van der Waals surface area (Å²) < 4.78 is 0. The van der Waals surface area contributed by atoms with Crippen LogP contribution >= 0.6 is 21.6 Å². The van der Waals surface area contributed by atoms with Gasteiger partial charge in [0.05, 0.1) is 0 Å². The van der Waals surface area contributed by atoms with Gasteiger partial charge in [-0.2, -0.15) is 0 Å². The van der Waals surface area contributed by atoms with E-state index in [4.69, 9.17) is 0 Å². The molecule has 2 saturated carbocycles. The predicted molar refractivity (Wildman–Crippen MR) is 55.1 cm³/mol. The Hall–Kier alpha value is 0.440. The molecule has 1 saturated heterocycles. The fourth-order valence-corrected chi connectivity index (χ4v) is 7.43. The summed E-state index contributed by atoms with van der Waals surface area (Å²) in [5.74, 6) is 4.26. The second kappa shape index (κ2) is 2.09. The van der Waals surface area contributed by atoms with Crippen LogP contribution in [0.3, 0.4) is 0 Å². The van der Waals surface area contributed by atoms with Crippen LogP contribution in [0.1, 0.15) is 12.8 Å².